The highest BCUT2D eigenvalue weighted by atomic mass is 16.5. The zero-order valence-electron chi connectivity index (χ0n) is 29.3. The van der Waals surface area contributed by atoms with E-state index in [1.807, 2.05) is 18.2 Å². The molecular weight excluding hydrogens is 659 g/mol. The summed E-state index contributed by atoms with van der Waals surface area (Å²) in [5.41, 5.74) is 22.7. The van der Waals surface area contributed by atoms with Gasteiger partial charge in [-0.15, -0.1) is 0 Å². The summed E-state index contributed by atoms with van der Waals surface area (Å²) in [7, 11) is 0. The van der Waals surface area contributed by atoms with Gasteiger partial charge in [-0.05, 0) is 87.5 Å². The number of nitrogens with two attached hydrogens (primary N) is 1. The first-order valence-electron chi connectivity index (χ1n) is 18.3. The van der Waals surface area contributed by atoms with Crippen LogP contribution in [0.5, 0.6) is 11.5 Å². The molecule has 4 nitrogen and oxygen atoms in total. The van der Waals surface area contributed by atoms with Gasteiger partial charge >= 0.3 is 0 Å². The second kappa shape index (κ2) is 11.7. The quantitative estimate of drug-likeness (QED) is 0.187. The molecule has 8 aromatic carbocycles. The molecule has 0 fully saturated rings. The van der Waals surface area contributed by atoms with E-state index in [0.717, 1.165) is 78.7 Å². The van der Waals surface area contributed by atoms with Crippen LogP contribution < -0.4 is 10.5 Å². The van der Waals surface area contributed by atoms with Crippen LogP contribution in [0.2, 0.25) is 0 Å². The van der Waals surface area contributed by atoms with Crippen molar-refractivity contribution in [1.29, 1.82) is 0 Å². The summed E-state index contributed by atoms with van der Waals surface area (Å²) in [6, 6.07) is 66.4. The Kier molecular flexibility index (Phi) is 6.58. The fourth-order valence-corrected chi connectivity index (χ4v) is 8.90. The molecule has 0 unspecified atom stereocenters. The number of imidazole rings is 1. The van der Waals surface area contributed by atoms with Crippen molar-refractivity contribution in [3.8, 4) is 62.0 Å². The van der Waals surface area contributed by atoms with E-state index in [4.69, 9.17) is 15.5 Å². The van der Waals surface area contributed by atoms with Crippen LogP contribution in [0, 0.1) is 0 Å². The fraction of sp³-hybridized carbons (Fsp3) is 0.0200. The van der Waals surface area contributed by atoms with Gasteiger partial charge in [0.25, 0.3) is 0 Å². The number of fused-ring (bicyclic) bond motifs is 10. The van der Waals surface area contributed by atoms with E-state index in [1.165, 1.54) is 22.3 Å². The number of para-hydroxylation sites is 4. The van der Waals surface area contributed by atoms with Crippen LogP contribution in [-0.2, 0) is 5.41 Å². The Bertz CT molecular complexity index is 2880. The first-order valence-corrected chi connectivity index (χ1v) is 18.3. The van der Waals surface area contributed by atoms with Gasteiger partial charge in [0.05, 0.1) is 16.4 Å². The molecular formula is C50H33N3O. The number of nitrogens with zero attached hydrogens (tertiary/aromatic N) is 2. The predicted octanol–water partition coefficient (Wildman–Crippen LogP) is 12.1. The van der Waals surface area contributed by atoms with Gasteiger partial charge in [0.1, 0.15) is 17.3 Å². The van der Waals surface area contributed by atoms with E-state index in [2.05, 4.69) is 174 Å². The molecule has 9 aromatic rings. The van der Waals surface area contributed by atoms with Gasteiger partial charge < -0.3 is 10.5 Å². The minimum absolute atomic E-state index is 0.583. The maximum Gasteiger partial charge on any atom is 0.145 e. The van der Waals surface area contributed by atoms with Crippen LogP contribution in [0.4, 0.5) is 5.69 Å². The minimum atomic E-state index is -0.583. The standard InChI is InChI=1S/C50H33N3O/c51-43-19-11-18-41-48(43)38-29-28-36(31-42(38)50(41)39-16-4-8-22-46(39)54-47-23-9-5-17-40(47)50)33-24-26-34(27-25-33)49-52-44-20-6-7-21-45(44)53(49)37-15-10-14-35(30-37)32-12-2-1-3-13-32/h1-31H,51H2. The van der Waals surface area contributed by atoms with Crippen molar-refractivity contribution >= 4 is 16.7 Å². The van der Waals surface area contributed by atoms with Crippen LogP contribution in [0.3, 0.4) is 0 Å². The molecule has 254 valence electrons. The molecule has 1 aromatic heterocycles. The molecule has 1 aliphatic carbocycles. The molecule has 0 saturated heterocycles. The Morgan fingerprint density at radius 1 is 0.463 bits per heavy atom. The number of anilines is 1. The maximum atomic E-state index is 6.82. The Morgan fingerprint density at radius 3 is 1.85 bits per heavy atom. The van der Waals surface area contributed by atoms with Gasteiger partial charge in [-0.1, -0.05) is 140 Å². The zero-order valence-corrected chi connectivity index (χ0v) is 29.3. The Balaban J connectivity index is 1.06. The number of aromatic nitrogens is 2. The molecule has 0 amide bonds. The monoisotopic (exact) mass is 691 g/mol. The lowest BCUT2D eigenvalue weighted by Crippen LogP contribution is -2.32. The second-order valence-electron chi connectivity index (χ2n) is 14.1. The lowest BCUT2D eigenvalue weighted by molar-refractivity contribution is 0.436. The molecule has 1 aliphatic heterocycles. The number of hydrogen-bond donors (Lipinski definition) is 1. The third-order valence-electron chi connectivity index (χ3n) is 11.2. The van der Waals surface area contributed by atoms with Crippen LogP contribution in [0.15, 0.2) is 188 Å². The van der Waals surface area contributed by atoms with E-state index in [1.54, 1.807) is 0 Å². The number of benzene rings is 8. The summed E-state index contributed by atoms with van der Waals surface area (Å²) in [5.74, 6) is 2.64. The summed E-state index contributed by atoms with van der Waals surface area (Å²) in [4.78, 5) is 5.18. The van der Waals surface area contributed by atoms with E-state index >= 15 is 0 Å². The van der Waals surface area contributed by atoms with Crippen LogP contribution in [-0.4, -0.2) is 9.55 Å². The van der Waals surface area contributed by atoms with Crippen molar-refractivity contribution < 1.29 is 4.74 Å². The average molecular weight is 692 g/mol. The molecule has 0 bridgehead atoms. The van der Waals surface area contributed by atoms with Gasteiger partial charge in [-0.25, -0.2) is 4.98 Å². The summed E-state index contributed by atoms with van der Waals surface area (Å²) < 4.78 is 8.82. The number of ether oxygens (including phenoxy) is 1. The predicted molar refractivity (Wildman–Crippen MR) is 219 cm³/mol. The largest absolute Gasteiger partial charge is 0.457 e. The summed E-state index contributed by atoms with van der Waals surface area (Å²) in [6.45, 7) is 0. The van der Waals surface area contributed by atoms with E-state index in [0.29, 0.717) is 0 Å². The van der Waals surface area contributed by atoms with Gasteiger partial charge in [0.2, 0.25) is 0 Å². The topological polar surface area (TPSA) is 53.1 Å². The van der Waals surface area contributed by atoms with Gasteiger partial charge in [-0.2, -0.15) is 0 Å². The molecule has 0 atom stereocenters. The van der Waals surface area contributed by atoms with Gasteiger partial charge in [-0.3, -0.25) is 4.57 Å². The molecule has 0 saturated carbocycles. The Morgan fingerprint density at radius 2 is 1.06 bits per heavy atom. The van der Waals surface area contributed by atoms with E-state index in [-0.39, 0.29) is 0 Å². The van der Waals surface area contributed by atoms with E-state index < -0.39 is 5.41 Å². The van der Waals surface area contributed by atoms with Crippen LogP contribution in [0.1, 0.15) is 22.3 Å². The highest BCUT2D eigenvalue weighted by Gasteiger charge is 2.51. The second-order valence-corrected chi connectivity index (χ2v) is 14.1. The van der Waals surface area contributed by atoms with Crippen molar-refractivity contribution in [2.75, 3.05) is 5.73 Å². The van der Waals surface area contributed by atoms with E-state index in [9.17, 15) is 0 Å². The molecule has 2 heterocycles. The molecule has 54 heavy (non-hydrogen) atoms. The Labute approximate surface area is 313 Å². The zero-order chi connectivity index (χ0) is 35.8. The molecule has 11 rings (SSSR count). The number of rotatable bonds is 4. The van der Waals surface area contributed by atoms with Crippen molar-refractivity contribution in [3.05, 3.63) is 210 Å². The van der Waals surface area contributed by atoms with Gasteiger partial charge in [0, 0.05) is 33.6 Å². The molecule has 2 aliphatic rings. The highest BCUT2D eigenvalue weighted by Crippen LogP contribution is 2.63. The molecule has 4 heteroatoms. The van der Waals surface area contributed by atoms with Crippen molar-refractivity contribution in [1.82, 2.24) is 9.55 Å². The summed E-state index contributed by atoms with van der Waals surface area (Å²) in [6.07, 6.45) is 0. The average Bonchev–Trinajstić information content (AvgIpc) is 3.76. The smallest absolute Gasteiger partial charge is 0.145 e. The van der Waals surface area contributed by atoms with Crippen LogP contribution >= 0.6 is 0 Å². The van der Waals surface area contributed by atoms with Crippen molar-refractivity contribution in [2.45, 2.75) is 5.41 Å². The summed E-state index contributed by atoms with van der Waals surface area (Å²) >= 11 is 0. The van der Waals surface area contributed by atoms with Gasteiger partial charge in [0.15, 0.2) is 0 Å². The van der Waals surface area contributed by atoms with Crippen molar-refractivity contribution in [3.63, 3.8) is 0 Å². The maximum absolute atomic E-state index is 6.82. The minimum Gasteiger partial charge on any atom is -0.457 e. The normalized spacial score (nSPS) is 13.2. The third kappa shape index (κ3) is 4.34. The van der Waals surface area contributed by atoms with Crippen molar-refractivity contribution in [2.24, 2.45) is 0 Å². The lowest BCUT2D eigenvalue weighted by atomic mass is 9.66. The Hall–Kier alpha value is -7.17. The molecule has 2 N–H and O–H groups in total. The number of nitrogen functional groups attached to an aromatic ring is 1. The SMILES string of the molecule is Nc1cccc2c1-c1ccc(-c3ccc(-c4nc5ccccc5n4-c4cccc(-c5ccccc5)c4)cc3)cc1C21c2ccccc2Oc2ccccc21. The molecule has 0 radical (unpaired) electrons. The van der Waals surface area contributed by atoms with Crippen LogP contribution in [0.25, 0.3) is 61.5 Å². The fourth-order valence-electron chi connectivity index (χ4n) is 8.90. The lowest BCUT2D eigenvalue weighted by Gasteiger charge is -2.39. The first-order chi connectivity index (χ1) is 26.7. The first kappa shape index (κ1) is 30.5. The summed E-state index contributed by atoms with van der Waals surface area (Å²) in [5, 5.41) is 0. The highest BCUT2D eigenvalue weighted by molar-refractivity contribution is 5.95. The third-order valence-corrected chi connectivity index (χ3v) is 11.2. The molecule has 1 spiro atoms. The number of hydrogen-bond acceptors (Lipinski definition) is 3.